The summed E-state index contributed by atoms with van der Waals surface area (Å²) < 4.78 is 5.36. The number of hydrogen-bond donors (Lipinski definition) is 0. The number of carbonyl (C=O) groups excluding carboxylic acids is 1. The molecule has 0 N–H and O–H groups in total. The maximum Gasteiger partial charge on any atom is 0.349 e. The van der Waals surface area contributed by atoms with Crippen LogP contribution in [0.25, 0.3) is 11.0 Å². The molecule has 0 spiro atoms. The molecule has 0 aliphatic carbocycles. The number of halogens is 1. The second-order valence-electron chi connectivity index (χ2n) is 8.18. The van der Waals surface area contributed by atoms with Crippen LogP contribution in [0.5, 0.6) is 0 Å². The van der Waals surface area contributed by atoms with Crippen molar-refractivity contribution in [2.75, 3.05) is 26.2 Å². The third-order valence-electron chi connectivity index (χ3n) is 6.12. The van der Waals surface area contributed by atoms with Crippen LogP contribution >= 0.6 is 11.6 Å². The fourth-order valence-electron chi connectivity index (χ4n) is 4.48. The van der Waals surface area contributed by atoms with Gasteiger partial charge >= 0.3 is 5.63 Å². The van der Waals surface area contributed by atoms with Gasteiger partial charge in [0.1, 0.15) is 11.1 Å². The summed E-state index contributed by atoms with van der Waals surface area (Å²) in [6, 6.07) is 27.5. The molecule has 0 bridgehead atoms. The number of piperazine rings is 1. The minimum atomic E-state index is -0.622. The van der Waals surface area contributed by atoms with Gasteiger partial charge in [0.15, 0.2) is 0 Å². The fraction of sp³-hybridized carbons (Fsp3) is 0.185. The molecule has 5 nitrogen and oxygen atoms in total. The summed E-state index contributed by atoms with van der Waals surface area (Å²) >= 11 is 6.07. The number of benzene rings is 3. The lowest BCUT2D eigenvalue weighted by Crippen LogP contribution is -2.50. The van der Waals surface area contributed by atoms with Crippen molar-refractivity contribution in [2.24, 2.45) is 0 Å². The van der Waals surface area contributed by atoms with E-state index in [2.05, 4.69) is 53.4 Å². The van der Waals surface area contributed by atoms with Gasteiger partial charge in [-0.05, 0) is 35.4 Å². The van der Waals surface area contributed by atoms with E-state index in [-0.39, 0.29) is 17.5 Å². The summed E-state index contributed by atoms with van der Waals surface area (Å²) in [6.45, 7) is 2.46. The molecule has 1 amide bonds. The first-order chi connectivity index (χ1) is 16.1. The quantitative estimate of drug-likeness (QED) is 0.404. The lowest BCUT2D eigenvalue weighted by molar-refractivity contribution is 0.0593. The molecule has 3 aromatic carbocycles. The van der Waals surface area contributed by atoms with E-state index in [9.17, 15) is 9.59 Å². The molecule has 1 fully saturated rings. The van der Waals surface area contributed by atoms with Crippen LogP contribution in [-0.4, -0.2) is 41.9 Å². The standard InChI is InChI=1S/C27H23ClN2O3/c28-22-11-12-24-21(17-22)18-23(27(32)33-24)26(31)30-15-13-29(14-16-30)25(19-7-3-1-4-8-19)20-9-5-2-6-10-20/h1-12,17-18,25H,13-16H2. The van der Waals surface area contributed by atoms with Crippen molar-refractivity contribution in [2.45, 2.75) is 6.04 Å². The second-order valence-corrected chi connectivity index (χ2v) is 8.62. The first-order valence-electron chi connectivity index (χ1n) is 11.0. The van der Waals surface area contributed by atoms with Gasteiger partial charge in [0.05, 0.1) is 6.04 Å². The zero-order valence-corrected chi connectivity index (χ0v) is 18.7. The lowest BCUT2D eigenvalue weighted by atomic mass is 9.96. The highest BCUT2D eigenvalue weighted by Crippen LogP contribution is 2.29. The van der Waals surface area contributed by atoms with E-state index in [1.807, 2.05) is 12.1 Å². The molecule has 0 saturated carbocycles. The third-order valence-corrected chi connectivity index (χ3v) is 6.36. The highest BCUT2D eigenvalue weighted by molar-refractivity contribution is 6.31. The van der Waals surface area contributed by atoms with Gasteiger partial charge in [0.2, 0.25) is 0 Å². The van der Waals surface area contributed by atoms with E-state index in [4.69, 9.17) is 16.0 Å². The number of nitrogens with zero attached hydrogens (tertiary/aromatic N) is 2. The van der Waals surface area contributed by atoms with E-state index in [0.29, 0.717) is 42.2 Å². The molecule has 0 atom stereocenters. The van der Waals surface area contributed by atoms with E-state index >= 15 is 0 Å². The average molecular weight is 459 g/mol. The highest BCUT2D eigenvalue weighted by atomic mass is 35.5. The number of hydrogen-bond acceptors (Lipinski definition) is 4. The van der Waals surface area contributed by atoms with Crippen LogP contribution in [0.1, 0.15) is 27.5 Å². The Labute approximate surface area is 196 Å². The molecule has 6 heteroatoms. The molecule has 1 aliphatic rings. The van der Waals surface area contributed by atoms with Crippen molar-refractivity contribution in [3.05, 3.63) is 117 Å². The third kappa shape index (κ3) is 4.42. The van der Waals surface area contributed by atoms with Gasteiger partial charge in [-0.1, -0.05) is 72.3 Å². The Bertz CT molecular complexity index is 1290. The summed E-state index contributed by atoms with van der Waals surface area (Å²) in [5, 5.41) is 1.16. The molecular weight excluding hydrogens is 436 g/mol. The second kappa shape index (κ2) is 9.22. The predicted molar refractivity (Wildman–Crippen MR) is 130 cm³/mol. The molecule has 4 aromatic rings. The van der Waals surface area contributed by atoms with Gasteiger partial charge in [-0.25, -0.2) is 4.79 Å². The number of fused-ring (bicyclic) bond motifs is 1. The van der Waals surface area contributed by atoms with Crippen molar-refractivity contribution in [3.63, 3.8) is 0 Å². The first kappa shape index (κ1) is 21.4. The van der Waals surface area contributed by atoms with Gasteiger partial charge < -0.3 is 9.32 Å². The SMILES string of the molecule is O=C(c1cc2cc(Cl)ccc2oc1=O)N1CCN(C(c2ccccc2)c2ccccc2)CC1. The molecule has 33 heavy (non-hydrogen) atoms. The van der Waals surface area contributed by atoms with Crippen molar-refractivity contribution in [1.29, 1.82) is 0 Å². The van der Waals surface area contributed by atoms with Gasteiger partial charge in [-0.3, -0.25) is 9.69 Å². The van der Waals surface area contributed by atoms with Gasteiger partial charge in [-0.15, -0.1) is 0 Å². The van der Waals surface area contributed by atoms with E-state index < -0.39 is 5.63 Å². The maximum absolute atomic E-state index is 13.2. The van der Waals surface area contributed by atoms with Crippen LogP contribution in [0.15, 0.2) is 94.1 Å². The average Bonchev–Trinajstić information content (AvgIpc) is 2.85. The van der Waals surface area contributed by atoms with Crippen molar-refractivity contribution < 1.29 is 9.21 Å². The molecule has 1 aliphatic heterocycles. The Balaban J connectivity index is 1.37. The first-order valence-corrected chi connectivity index (χ1v) is 11.3. The van der Waals surface area contributed by atoms with Gasteiger partial charge in [0, 0.05) is 36.6 Å². The Morgan fingerprint density at radius 1 is 0.818 bits per heavy atom. The van der Waals surface area contributed by atoms with Crippen LogP contribution in [-0.2, 0) is 0 Å². The molecule has 166 valence electrons. The summed E-state index contributed by atoms with van der Waals surface area (Å²) in [5.74, 6) is -0.304. The molecular formula is C27H23ClN2O3. The summed E-state index contributed by atoms with van der Waals surface area (Å²) in [5.41, 5.74) is 2.27. The number of carbonyl (C=O) groups is 1. The predicted octanol–water partition coefficient (Wildman–Crippen LogP) is 4.99. The van der Waals surface area contributed by atoms with E-state index in [1.165, 1.54) is 11.1 Å². The Kier molecular flexibility index (Phi) is 5.99. The molecule has 2 heterocycles. The number of rotatable bonds is 4. The largest absolute Gasteiger partial charge is 0.422 e. The minimum Gasteiger partial charge on any atom is -0.422 e. The highest BCUT2D eigenvalue weighted by Gasteiger charge is 2.29. The van der Waals surface area contributed by atoms with Crippen LogP contribution in [0.2, 0.25) is 5.02 Å². The van der Waals surface area contributed by atoms with Gasteiger partial charge in [-0.2, -0.15) is 0 Å². The van der Waals surface area contributed by atoms with Crippen LogP contribution in [0, 0.1) is 0 Å². The topological polar surface area (TPSA) is 53.8 Å². The Morgan fingerprint density at radius 3 is 2.03 bits per heavy atom. The van der Waals surface area contributed by atoms with Crippen molar-refractivity contribution in [1.82, 2.24) is 9.80 Å². The summed E-state index contributed by atoms with van der Waals surface area (Å²) in [6.07, 6.45) is 0. The normalized spacial score (nSPS) is 14.7. The maximum atomic E-state index is 13.2. The molecule has 1 aromatic heterocycles. The van der Waals surface area contributed by atoms with Crippen LogP contribution in [0.3, 0.4) is 0 Å². The zero-order valence-electron chi connectivity index (χ0n) is 18.0. The van der Waals surface area contributed by atoms with Gasteiger partial charge in [0.25, 0.3) is 5.91 Å². The lowest BCUT2D eigenvalue weighted by Gasteiger charge is -2.39. The van der Waals surface area contributed by atoms with E-state index in [1.54, 1.807) is 29.2 Å². The molecule has 0 unspecified atom stereocenters. The summed E-state index contributed by atoms with van der Waals surface area (Å²) in [7, 11) is 0. The number of amides is 1. The van der Waals surface area contributed by atoms with Crippen molar-refractivity contribution in [3.8, 4) is 0 Å². The molecule has 5 rings (SSSR count). The monoisotopic (exact) mass is 458 g/mol. The van der Waals surface area contributed by atoms with Crippen LogP contribution in [0.4, 0.5) is 0 Å². The zero-order chi connectivity index (χ0) is 22.8. The molecule has 0 radical (unpaired) electrons. The Hall–Kier alpha value is -3.41. The summed E-state index contributed by atoms with van der Waals surface area (Å²) in [4.78, 5) is 29.8. The van der Waals surface area contributed by atoms with Crippen LogP contribution < -0.4 is 5.63 Å². The minimum absolute atomic E-state index is 0.0425. The van der Waals surface area contributed by atoms with Crippen molar-refractivity contribution >= 4 is 28.5 Å². The van der Waals surface area contributed by atoms with E-state index in [0.717, 1.165) is 0 Å². The molecule has 1 saturated heterocycles. The smallest absolute Gasteiger partial charge is 0.349 e. The fourth-order valence-corrected chi connectivity index (χ4v) is 4.66. The Morgan fingerprint density at radius 2 is 1.42 bits per heavy atom.